The lowest BCUT2D eigenvalue weighted by atomic mass is 10.00. The molecular weight excluding hydrogens is 306 g/mol. The standard InChI is InChI=1S/C18H19N3O3/c1-3-12(2)20-17(14-9-5-7-11-16(14)21(23)24)19-15-10-6-4-8-13(15)18(20)22/h4-12,17,19H,3H2,1-2H3/t12-,17+/m0/s1. The maximum atomic E-state index is 13.0. The molecule has 0 unspecified atom stereocenters. The molecule has 0 fully saturated rings. The predicted molar refractivity (Wildman–Crippen MR) is 91.8 cm³/mol. The van der Waals surface area contributed by atoms with E-state index in [-0.39, 0.29) is 17.6 Å². The molecule has 0 saturated heterocycles. The van der Waals surface area contributed by atoms with Gasteiger partial charge in [-0.3, -0.25) is 14.9 Å². The number of amides is 1. The largest absolute Gasteiger partial charge is 0.361 e. The van der Waals surface area contributed by atoms with Crippen molar-refractivity contribution in [2.45, 2.75) is 32.5 Å². The maximum absolute atomic E-state index is 13.0. The minimum Gasteiger partial charge on any atom is -0.361 e. The van der Waals surface area contributed by atoms with Crippen LogP contribution < -0.4 is 5.32 Å². The number of hydrogen-bond acceptors (Lipinski definition) is 4. The maximum Gasteiger partial charge on any atom is 0.276 e. The number of nitro groups is 1. The highest BCUT2D eigenvalue weighted by atomic mass is 16.6. The van der Waals surface area contributed by atoms with Crippen LogP contribution in [0.25, 0.3) is 0 Å². The van der Waals surface area contributed by atoms with Crippen LogP contribution in [0.2, 0.25) is 0 Å². The van der Waals surface area contributed by atoms with Gasteiger partial charge in [0.2, 0.25) is 0 Å². The molecule has 2 aromatic rings. The van der Waals surface area contributed by atoms with Gasteiger partial charge in [0.05, 0.1) is 16.1 Å². The highest BCUT2D eigenvalue weighted by Gasteiger charge is 2.37. The third-order valence-electron chi connectivity index (χ3n) is 4.46. The number of nitro benzene ring substituents is 1. The average Bonchev–Trinajstić information content (AvgIpc) is 2.61. The average molecular weight is 325 g/mol. The summed E-state index contributed by atoms with van der Waals surface area (Å²) in [6.45, 7) is 3.95. The van der Waals surface area contributed by atoms with Gasteiger partial charge in [-0.05, 0) is 31.5 Å². The van der Waals surface area contributed by atoms with E-state index in [0.717, 1.165) is 6.42 Å². The Balaban J connectivity index is 2.15. The third kappa shape index (κ3) is 2.60. The molecule has 1 amide bonds. The first-order valence-corrected chi connectivity index (χ1v) is 7.96. The summed E-state index contributed by atoms with van der Waals surface area (Å²) in [4.78, 5) is 25.7. The molecule has 0 saturated carbocycles. The van der Waals surface area contributed by atoms with Crippen LogP contribution in [0.3, 0.4) is 0 Å². The molecule has 0 aromatic heterocycles. The number of carbonyl (C=O) groups excluding carboxylic acids is 1. The Morgan fingerprint density at radius 1 is 1.21 bits per heavy atom. The van der Waals surface area contributed by atoms with Gasteiger partial charge < -0.3 is 10.2 Å². The van der Waals surface area contributed by atoms with Crippen molar-refractivity contribution in [3.63, 3.8) is 0 Å². The molecule has 1 N–H and O–H groups in total. The van der Waals surface area contributed by atoms with E-state index >= 15 is 0 Å². The molecule has 3 rings (SSSR count). The van der Waals surface area contributed by atoms with E-state index in [0.29, 0.717) is 16.8 Å². The summed E-state index contributed by atoms with van der Waals surface area (Å²) in [5.41, 5.74) is 1.79. The number of fused-ring (bicyclic) bond motifs is 1. The lowest BCUT2D eigenvalue weighted by molar-refractivity contribution is -0.385. The summed E-state index contributed by atoms with van der Waals surface area (Å²) >= 11 is 0. The molecule has 0 spiro atoms. The SMILES string of the molecule is CC[C@H](C)N1C(=O)c2ccccc2N[C@H]1c1ccccc1[N+](=O)[O-]. The van der Waals surface area contributed by atoms with Crippen LogP contribution in [0.5, 0.6) is 0 Å². The second-order valence-electron chi connectivity index (χ2n) is 5.88. The molecule has 1 aliphatic rings. The number of nitrogens with one attached hydrogen (secondary N) is 1. The fourth-order valence-corrected chi connectivity index (χ4v) is 3.03. The summed E-state index contributed by atoms with van der Waals surface area (Å²) < 4.78 is 0. The summed E-state index contributed by atoms with van der Waals surface area (Å²) in [7, 11) is 0. The molecule has 6 heteroatoms. The second-order valence-corrected chi connectivity index (χ2v) is 5.88. The van der Waals surface area contributed by atoms with Gasteiger partial charge in [-0.25, -0.2) is 0 Å². The minimum absolute atomic E-state index is 0.00971. The van der Waals surface area contributed by atoms with Gasteiger partial charge >= 0.3 is 0 Å². The highest BCUT2D eigenvalue weighted by molar-refractivity contribution is 6.02. The zero-order chi connectivity index (χ0) is 17.3. The Bertz CT molecular complexity index is 791. The fourth-order valence-electron chi connectivity index (χ4n) is 3.03. The Kier molecular flexibility index (Phi) is 4.20. The van der Waals surface area contributed by atoms with Crippen LogP contribution in [0.1, 0.15) is 42.4 Å². The number of para-hydroxylation sites is 2. The highest BCUT2D eigenvalue weighted by Crippen LogP contribution is 2.38. The Morgan fingerprint density at radius 2 is 1.88 bits per heavy atom. The van der Waals surface area contributed by atoms with E-state index in [1.165, 1.54) is 6.07 Å². The van der Waals surface area contributed by atoms with Crippen LogP contribution in [-0.4, -0.2) is 21.8 Å². The first-order chi connectivity index (χ1) is 11.5. The quantitative estimate of drug-likeness (QED) is 0.682. The van der Waals surface area contributed by atoms with Gasteiger partial charge in [-0.2, -0.15) is 0 Å². The summed E-state index contributed by atoms with van der Waals surface area (Å²) in [5, 5.41) is 14.7. The van der Waals surface area contributed by atoms with Gasteiger partial charge in [-0.1, -0.05) is 31.2 Å². The molecule has 0 aliphatic carbocycles. The van der Waals surface area contributed by atoms with Crippen LogP contribution in [0.15, 0.2) is 48.5 Å². The molecule has 0 bridgehead atoms. The van der Waals surface area contributed by atoms with Gasteiger partial charge in [0.25, 0.3) is 11.6 Å². The van der Waals surface area contributed by atoms with Gasteiger partial charge in [-0.15, -0.1) is 0 Å². The van der Waals surface area contributed by atoms with Crippen molar-refractivity contribution in [3.8, 4) is 0 Å². The van der Waals surface area contributed by atoms with Crippen molar-refractivity contribution in [2.75, 3.05) is 5.32 Å². The summed E-state index contributed by atoms with van der Waals surface area (Å²) in [6, 6.07) is 13.8. The number of nitrogens with zero attached hydrogens (tertiary/aromatic N) is 2. The normalized spacial score (nSPS) is 17.8. The van der Waals surface area contributed by atoms with E-state index in [9.17, 15) is 14.9 Å². The molecule has 6 nitrogen and oxygen atoms in total. The number of hydrogen-bond donors (Lipinski definition) is 1. The van der Waals surface area contributed by atoms with E-state index in [4.69, 9.17) is 0 Å². The van der Waals surface area contributed by atoms with Crippen LogP contribution >= 0.6 is 0 Å². The van der Waals surface area contributed by atoms with E-state index in [1.54, 1.807) is 29.2 Å². The Labute approximate surface area is 140 Å². The van der Waals surface area contributed by atoms with Crippen molar-refractivity contribution < 1.29 is 9.72 Å². The first kappa shape index (κ1) is 16.0. The Morgan fingerprint density at radius 3 is 2.58 bits per heavy atom. The van der Waals surface area contributed by atoms with Crippen LogP contribution in [0.4, 0.5) is 11.4 Å². The van der Waals surface area contributed by atoms with Gasteiger partial charge in [0.1, 0.15) is 6.17 Å². The van der Waals surface area contributed by atoms with Gasteiger partial charge in [0.15, 0.2) is 0 Å². The van der Waals surface area contributed by atoms with Crippen LogP contribution in [-0.2, 0) is 0 Å². The van der Waals surface area contributed by atoms with Crippen LogP contribution in [0, 0.1) is 10.1 Å². The summed E-state index contributed by atoms with van der Waals surface area (Å²) in [6.07, 6.45) is 0.191. The molecule has 2 aromatic carbocycles. The molecule has 24 heavy (non-hydrogen) atoms. The zero-order valence-corrected chi connectivity index (χ0v) is 13.6. The van der Waals surface area contributed by atoms with Crippen molar-refractivity contribution >= 4 is 17.3 Å². The number of rotatable bonds is 4. The molecule has 0 radical (unpaired) electrons. The third-order valence-corrected chi connectivity index (χ3v) is 4.46. The monoisotopic (exact) mass is 325 g/mol. The molecule has 2 atom stereocenters. The number of anilines is 1. The molecular formula is C18H19N3O3. The Hall–Kier alpha value is -2.89. The molecule has 1 heterocycles. The van der Waals surface area contributed by atoms with Crippen molar-refractivity contribution in [1.29, 1.82) is 0 Å². The predicted octanol–water partition coefficient (Wildman–Crippen LogP) is 3.96. The smallest absolute Gasteiger partial charge is 0.276 e. The summed E-state index contributed by atoms with van der Waals surface area (Å²) in [5.74, 6) is -0.109. The molecule has 1 aliphatic heterocycles. The van der Waals surface area contributed by atoms with E-state index in [1.807, 2.05) is 32.0 Å². The van der Waals surface area contributed by atoms with Gasteiger partial charge in [0, 0.05) is 17.8 Å². The second kappa shape index (κ2) is 6.31. The van der Waals surface area contributed by atoms with E-state index < -0.39 is 11.1 Å². The van der Waals surface area contributed by atoms with E-state index in [2.05, 4.69) is 5.32 Å². The molecule has 124 valence electrons. The zero-order valence-electron chi connectivity index (χ0n) is 13.6. The van der Waals surface area contributed by atoms with Crippen molar-refractivity contribution in [2.24, 2.45) is 0 Å². The fraction of sp³-hybridized carbons (Fsp3) is 0.278. The lowest BCUT2D eigenvalue weighted by Gasteiger charge is -2.41. The minimum atomic E-state index is -0.566. The van der Waals surface area contributed by atoms with Crippen molar-refractivity contribution in [1.82, 2.24) is 4.90 Å². The van der Waals surface area contributed by atoms with Crippen molar-refractivity contribution in [3.05, 3.63) is 69.8 Å². The lowest BCUT2D eigenvalue weighted by Crippen LogP contribution is -2.47. The topological polar surface area (TPSA) is 75.5 Å². The number of carbonyl (C=O) groups is 1. The number of benzene rings is 2. The first-order valence-electron chi connectivity index (χ1n) is 7.96.